The van der Waals surface area contributed by atoms with Crippen LogP contribution in [0.1, 0.15) is 89.5 Å². The lowest BCUT2D eigenvalue weighted by atomic mass is 10.0. The number of hydrogen-bond donors (Lipinski definition) is 2. The quantitative estimate of drug-likeness (QED) is 0.429. The van der Waals surface area contributed by atoms with E-state index in [9.17, 15) is 14.4 Å². The maximum absolute atomic E-state index is 12.5. The zero-order valence-corrected chi connectivity index (χ0v) is 20.9. The lowest BCUT2D eigenvalue weighted by Gasteiger charge is -2.30. The van der Waals surface area contributed by atoms with Crippen molar-refractivity contribution < 1.29 is 38.7 Å². The summed E-state index contributed by atoms with van der Waals surface area (Å²) in [4.78, 5) is 57.5. The lowest BCUT2D eigenvalue weighted by molar-refractivity contribution is -0.399. The third-order valence-corrected chi connectivity index (χ3v) is 3.64. The summed E-state index contributed by atoms with van der Waals surface area (Å²) in [7, 11) is 0. The predicted molar refractivity (Wildman–Crippen MR) is 120 cm³/mol. The molecule has 0 aliphatic rings. The molecule has 0 fully saturated rings. The highest BCUT2D eigenvalue weighted by Gasteiger charge is 2.28. The third-order valence-electron chi connectivity index (χ3n) is 3.64. The summed E-state index contributed by atoms with van der Waals surface area (Å²) in [6, 6.07) is 5.96. The first kappa shape index (κ1) is 28.3. The first-order valence-electron chi connectivity index (χ1n) is 10.6. The number of rotatable bonds is 8. The smallest absolute Gasteiger partial charge is 0.426 e. The third kappa shape index (κ3) is 11.7. The number of benzene rings is 1. The van der Waals surface area contributed by atoms with Crippen LogP contribution in [-0.4, -0.2) is 40.9 Å². The van der Waals surface area contributed by atoms with Crippen LogP contribution < -0.4 is 10.9 Å². The Balaban J connectivity index is 2.62. The normalized spacial score (nSPS) is 13.1. The van der Waals surface area contributed by atoms with Crippen LogP contribution in [0.3, 0.4) is 0 Å². The molecule has 2 N–H and O–H groups in total. The van der Waals surface area contributed by atoms with E-state index in [4.69, 9.17) is 24.3 Å². The molecule has 10 heteroatoms. The van der Waals surface area contributed by atoms with Gasteiger partial charge in [0.1, 0.15) is 17.3 Å². The van der Waals surface area contributed by atoms with Crippen LogP contribution in [0.4, 0.5) is 4.79 Å². The largest absolute Gasteiger partial charge is 0.445 e. The fourth-order valence-electron chi connectivity index (χ4n) is 2.46. The van der Waals surface area contributed by atoms with Crippen molar-refractivity contribution in [1.29, 1.82) is 0 Å². The number of carbonyl (C=O) groups excluding carboxylic acids is 3. The Morgan fingerprint density at radius 2 is 1.36 bits per heavy atom. The van der Waals surface area contributed by atoms with Gasteiger partial charge in [-0.2, -0.15) is 4.89 Å². The minimum atomic E-state index is -0.875. The molecule has 0 saturated heterocycles. The first-order chi connectivity index (χ1) is 15.0. The second kappa shape index (κ2) is 11.4. The van der Waals surface area contributed by atoms with Gasteiger partial charge in [-0.25, -0.2) is 24.8 Å². The van der Waals surface area contributed by atoms with Crippen molar-refractivity contribution in [3.63, 3.8) is 0 Å². The average Bonchev–Trinajstić information content (AvgIpc) is 2.67. The summed E-state index contributed by atoms with van der Waals surface area (Å²) >= 11 is 0. The van der Waals surface area contributed by atoms with Gasteiger partial charge in [-0.15, -0.1) is 0 Å². The van der Waals surface area contributed by atoms with Gasteiger partial charge in [-0.3, -0.25) is 15.1 Å². The number of nitrogens with one attached hydrogen (secondary N) is 2. The first-order valence-corrected chi connectivity index (χ1v) is 10.6. The lowest BCUT2D eigenvalue weighted by Crippen LogP contribution is -2.44. The van der Waals surface area contributed by atoms with Gasteiger partial charge < -0.3 is 4.74 Å². The van der Waals surface area contributed by atoms with Crippen LogP contribution in [0, 0.1) is 0 Å². The predicted octanol–water partition coefficient (Wildman–Crippen LogP) is 4.25. The molecule has 0 aliphatic carbocycles. The number of carbonyl (C=O) groups is 3. The highest BCUT2D eigenvalue weighted by Crippen LogP contribution is 2.22. The topological polar surface area (TPSA) is 121 Å². The van der Waals surface area contributed by atoms with Gasteiger partial charge in [0.25, 0.3) is 5.91 Å². The van der Waals surface area contributed by atoms with Gasteiger partial charge >= 0.3 is 12.1 Å². The molecule has 33 heavy (non-hydrogen) atoms. The van der Waals surface area contributed by atoms with Crippen LogP contribution in [0.25, 0.3) is 0 Å². The fraction of sp³-hybridized carbons (Fsp3) is 0.609. The average molecular weight is 469 g/mol. The van der Waals surface area contributed by atoms with Crippen LogP contribution in [0.2, 0.25) is 0 Å². The highest BCUT2D eigenvalue weighted by atomic mass is 17.2. The summed E-state index contributed by atoms with van der Waals surface area (Å²) < 4.78 is 5.25. The molecule has 0 heterocycles. The van der Waals surface area contributed by atoms with E-state index in [2.05, 4.69) is 10.9 Å². The van der Waals surface area contributed by atoms with Crippen molar-refractivity contribution in [2.45, 2.75) is 91.6 Å². The molecule has 10 nitrogen and oxygen atoms in total. The monoisotopic (exact) mass is 468 g/mol. The zero-order valence-electron chi connectivity index (χ0n) is 20.9. The Morgan fingerprint density at radius 1 is 0.818 bits per heavy atom. The molecule has 186 valence electrons. The molecule has 1 aromatic carbocycles. The maximum atomic E-state index is 12.5. The van der Waals surface area contributed by atoms with Gasteiger partial charge in [0.2, 0.25) is 0 Å². The second-order valence-electron chi connectivity index (χ2n) is 10.1. The van der Waals surface area contributed by atoms with Gasteiger partial charge in [-0.05, 0) is 74.4 Å². The van der Waals surface area contributed by atoms with E-state index in [1.54, 1.807) is 53.7 Å². The molecule has 0 spiro atoms. The van der Waals surface area contributed by atoms with E-state index in [1.165, 1.54) is 12.1 Å². The van der Waals surface area contributed by atoms with Crippen LogP contribution in [0.15, 0.2) is 24.3 Å². The molecule has 1 atom stereocenters. The summed E-state index contributed by atoms with van der Waals surface area (Å²) in [6.07, 6.45) is -1.08. The van der Waals surface area contributed by atoms with E-state index < -0.39 is 40.9 Å². The van der Waals surface area contributed by atoms with Crippen molar-refractivity contribution in [1.82, 2.24) is 10.9 Å². The van der Waals surface area contributed by atoms with Crippen molar-refractivity contribution in [3.05, 3.63) is 35.4 Å². The van der Waals surface area contributed by atoms with Crippen molar-refractivity contribution in [3.8, 4) is 0 Å². The molecule has 1 aromatic rings. The molecule has 2 amide bonds. The molecule has 1 unspecified atom stereocenters. The van der Waals surface area contributed by atoms with Gasteiger partial charge in [0, 0.05) is 6.42 Å². The van der Waals surface area contributed by atoms with Crippen LogP contribution in [-0.2, 0) is 24.3 Å². The molecular formula is C23H36N2O8. The Hall–Kier alpha value is -2.69. The van der Waals surface area contributed by atoms with Gasteiger partial charge in [0.05, 0.1) is 16.7 Å². The van der Waals surface area contributed by atoms with Gasteiger partial charge in [0.15, 0.2) is 0 Å². The SMILES string of the molecule is CC(CC(C)(C)OOC(C)(C)C)OC(=O)NNC(=O)c1ccccc1C(=O)OOC(C)(C)C. The van der Waals surface area contributed by atoms with E-state index in [-0.39, 0.29) is 11.1 Å². The van der Waals surface area contributed by atoms with Crippen LogP contribution >= 0.6 is 0 Å². The molecule has 0 aliphatic heterocycles. The molecule has 1 rings (SSSR count). The second-order valence-corrected chi connectivity index (χ2v) is 10.1. The zero-order chi connectivity index (χ0) is 25.4. The maximum Gasteiger partial charge on any atom is 0.426 e. The number of hydrazine groups is 1. The Labute approximate surface area is 195 Å². The highest BCUT2D eigenvalue weighted by molar-refractivity contribution is 6.05. The summed E-state index contributed by atoms with van der Waals surface area (Å²) in [5.41, 5.74) is 2.42. The standard InChI is InChI=1S/C23H36N2O8/c1-15(14-23(8,9)33-32-22(5,6)7)29-20(28)25-24-18(26)16-12-10-11-13-17(16)19(27)30-31-21(2,3)4/h10-13,15H,14H2,1-9H3,(H,24,26)(H,25,28). The minimum absolute atomic E-state index is 0.0118. The van der Waals surface area contributed by atoms with E-state index in [0.29, 0.717) is 6.42 Å². The van der Waals surface area contributed by atoms with E-state index in [0.717, 1.165) is 0 Å². The molecule has 0 aromatic heterocycles. The number of ether oxygens (including phenoxy) is 1. The number of amides is 2. The minimum Gasteiger partial charge on any atom is -0.445 e. The Bertz CT molecular complexity index is 824. The Morgan fingerprint density at radius 3 is 1.91 bits per heavy atom. The molecule has 0 bridgehead atoms. The fourth-order valence-corrected chi connectivity index (χ4v) is 2.46. The molecule has 0 radical (unpaired) electrons. The van der Waals surface area contributed by atoms with Gasteiger partial charge in [-0.1, -0.05) is 12.1 Å². The van der Waals surface area contributed by atoms with Crippen molar-refractivity contribution in [2.75, 3.05) is 0 Å². The number of hydrogen-bond acceptors (Lipinski definition) is 8. The van der Waals surface area contributed by atoms with E-state index >= 15 is 0 Å². The summed E-state index contributed by atoms with van der Waals surface area (Å²) in [5.74, 6) is -1.57. The van der Waals surface area contributed by atoms with E-state index in [1.807, 2.05) is 20.8 Å². The summed E-state index contributed by atoms with van der Waals surface area (Å²) in [5, 5.41) is 0. The summed E-state index contributed by atoms with van der Waals surface area (Å²) in [6.45, 7) is 16.0. The molecular weight excluding hydrogens is 432 g/mol. The van der Waals surface area contributed by atoms with Crippen LogP contribution in [0.5, 0.6) is 0 Å². The Kier molecular flexibility index (Phi) is 9.83. The van der Waals surface area contributed by atoms with Crippen molar-refractivity contribution in [2.24, 2.45) is 0 Å². The van der Waals surface area contributed by atoms with Crippen molar-refractivity contribution >= 4 is 18.0 Å². The molecule has 0 saturated carbocycles.